The monoisotopic (exact) mass is 287 g/mol. The molecule has 0 saturated carbocycles. The number of nitrogens with zero attached hydrogens (tertiary/aromatic N) is 3. The Morgan fingerprint density at radius 2 is 2.00 bits per heavy atom. The highest BCUT2D eigenvalue weighted by molar-refractivity contribution is 6.04. The molecule has 2 heterocycles. The van der Waals surface area contributed by atoms with E-state index in [0.29, 0.717) is 17.2 Å². The average Bonchev–Trinajstić information content (AvgIpc) is 2.86. The normalized spacial score (nSPS) is 11.1. The van der Waals surface area contributed by atoms with E-state index in [1.807, 2.05) is 27.7 Å². The van der Waals surface area contributed by atoms with Crippen LogP contribution in [0.15, 0.2) is 24.4 Å². The Labute approximate surface area is 124 Å². The number of hydrogen-bond donors (Lipinski definition) is 2. The van der Waals surface area contributed by atoms with Crippen LogP contribution in [-0.2, 0) is 0 Å². The summed E-state index contributed by atoms with van der Waals surface area (Å²) in [6, 6.07) is 5.29. The van der Waals surface area contributed by atoms with Gasteiger partial charge in [-0.05, 0) is 31.9 Å². The van der Waals surface area contributed by atoms with Crippen LogP contribution in [0.4, 0.5) is 11.6 Å². The zero-order chi connectivity index (χ0) is 15.6. The fraction of sp³-hybridized carbons (Fsp3) is 0.400. The van der Waals surface area contributed by atoms with Gasteiger partial charge in [-0.25, -0.2) is 9.67 Å². The molecule has 0 fully saturated rings. The first-order valence-electron chi connectivity index (χ1n) is 7.00. The number of hydrogen-bond acceptors (Lipinski definition) is 4. The van der Waals surface area contributed by atoms with E-state index in [2.05, 4.69) is 15.4 Å². The first kappa shape index (κ1) is 15.0. The number of amides is 1. The van der Waals surface area contributed by atoms with Gasteiger partial charge in [0, 0.05) is 23.4 Å². The van der Waals surface area contributed by atoms with Crippen molar-refractivity contribution in [2.24, 2.45) is 0 Å². The number of pyridine rings is 1. The maximum absolute atomic E-state index is 12.4. The first-order valence-corrected chi connectivity index (χ1v) is 7.00. The lowest BCUT2D eigenvalue weighted by Crippen LogP contribution is -2.17. The second-order valence-corrected chi connectivity index (χ2v) is 5.57. The predicted octanol–water partition coefficient (Wildman–Crippen LogP) is 2.82. The van der Waals surface area contributed by atoms with E-state index in [4.69, 9.17) is 5.73 Å². The van der Waals surface area contributed by atoms with Crippen molar-refractivity contribution < 1.29 is 4.79 Å². The first-order chi connectivity index (χ1) is 9.88. The van der Waals surface area contributed by atoms with Crippen molar-refractivity contribution in [3.63, 3.8) is 0 Å². The summed E-state index contributed by atoms with van der Waals surface area (Å²) in [5.74, 6) is 1.01. The molecule has 2 aromatic heterocycles. The molecule has 2 aromatic rings. The minimum Gasteiger partial charge on any atom is -0.384 e. The molecule has 0 bridgehead atoms. The van der Waals surface area contributed by atoms with Crippen LogP contribution in [0.2, 0.25) is 0 Å². The second-order valence-electron chi connectivity index (χ2n) is 5.57. The van der Waals surface area contributed by atoms with Crippen molar-refractivity contribution in [2.75, 3.05) is 11.1 Å². The molecule has 0 spiro atoms. The summed E-state index contributed by atoms with van der Waals surface area (Å²) in [5.41, 5.74) is 7.08. The number of aromatic nitrogens is 3. The van der Waals surface area contributed by atoms with Gasteiger partial charge in [0.25, 0.3) is 5.91 Å². The Morgan fingerprint density at radius 3 is 2.62 bits per heavy atom. The van der Waals surface area contributed by atoms with Crippen LogP contribution in [0.25, 0.3) is 0 Å². The molecule has 6 heteroatoms. The van der Waals surface area contributed by atoms with E-state index in [-0.39, 0.29) is 17.9 Å². The van der Waals surface area contributed by atoms with Gasteiger partial charge in [0.1, 0.15) is 11.6 Å². The minimum atomic E-state index is -0.214. The Kier molecular flexibility index (Phi) is 4.26. The van der Waals surface area contributed by atoms with E-state index in [1.54, 1.807) is 29.1 Å². The zero-order valence-electron chi connectivity index (χ0n) is 12.8. The van der Waals surface area contributed by atoms with Crippen LogP contribution in [0.5, 0.6) is 0 Å². The maximum Gasteiger partial charge on any atom is 0.257 e. The Bertz CT molecular complexity index is 645. The topological polar surface area (TPSA) is 85.8 Å². The highest BCUT2D eigenvalue weighted by Crippen LogP contribution is 2.18. The summed E-state index contributed by atoms with van der Waals surface area (Å²) in [6.07, 6.45) is 1.66. The Morgan fingerprint density at radius 1 is 1.29 bits per heavy atom. The molecule has 0 radical (unpaired) electrons. The van der Waals surface area contributed by atoms with Crippen molar-refractivity contribution in [1.29, 1.82) is 0 Å². The Balaban J connectivity index is 2.26. The highest BCUT2D eigenvalue weighted by Gasteiger charge is 2.14. The summed E-state index contributed by atoms with van der Waals surface area (Å²) in [6.45, 7) is 8.03. The molecule has 0 saturated heterocycles. The van der Waals surface area contributed by atoms with Crippen molar-refractivity contribution >= 4 is 17.5 Å². The molecule has 0 aromatic carbocycles. The summed E-state index contributed by atoms with van der Waals surface area (Å²) < 4.78 is 1.76. The molecule has 0 aliphatic heterocycles. The molecular formula is C15H21N5O. The van der Waals surface area contributed by atoms with Crippen LogP contribution in [0.1, 0.15) is 55.7 Å². The summed E-state index contributed by atoms with van der Waals surface area (Å²) >= 11 is 0. The van der Waals surface area contributed by atoms with E-state index in [1.165, 1.54) is 0 Å². The molecule has 6 nitrogen and oxygen atoms in total. The molecule has 0 aliphatic rings. The summed E-state index contributed by atoms with van der Waals surface area (Å²) in [7, 11) is 0. The molecule has 0 unspecified atom stereocenters. The quantitative estimate of drug-likeness (QED) is 0.905. The summed E-state index contributed by atoms with van der Waals surface area (Å²) in [4.78, 5) is 16.6. The van der Waals surface area contributed by atoms with Gasteiger partial charge in [0.2, 0.25) is 0 Å². The van der Waals surface area contributed by atoms with Crippen molar-refractivity contribution in [2.45, 2.75) is 39.7 Å². The largest absolute Gasteiger partial charge is 0.384 e. The standard InChI is InChI=1S/C15H21N5O/c1-9(2)12-7-11(8-13(16)18-12)15(21)19-14-5-6-17-20(14)10(3)4/h5-10H,1-4H3,(H2,16,18)(H,19,21). The molecule has 3 N–H and O–H groups in total. The number of nitrogens with one attached hydrogen (secondary N) is 1. The maximum atomic E-state index is 12.4. The summed E-state index contributed by atoms with van der Waals surface area (Å²) in [5, 5.41) is 7.05. The second kappa shape index (κ2) is 5.95. The van der Waals surface area contributed by atoms with Gasteiger partial charge < -0.3 is 11.1 Å². The fourth-order valence-electron chi connectivity index (χ4n) is 2.01. The predicted molar refractivity (Wildman–Crippen MR) is 83.3 cm³/mol. The molecule has 0 atom stereocenters. The van der Waals surface area contributed by atoms with Crippen LogP contribution >= 0.6 is 0 Å². The van der Waals surface area contributed by atoms with Gasteiger partial charge in [-0.2, -0.15) is 5.10 Å². The molecule has 0 aliphatic carbocycles. The van der Waals surface area contributed by atoms with Crippen LogP contribution in [0, 0.1) is 0 Å². The molecule has 2 rings (SSSR count). The molecular weight excluding hydrogens is 266 g/mol. The van der Waals surface area contributed by atoms with Crippen molar-refractivity contribution in [3.05, 3.63) is 35.7 Å². The molecule has 1 amide bonds. The Hall–Kier alpha value is -2.37. The zero-order valence-corrected chi connectivity index (χ0v) is 12.8. The van der Waals surface area contributed by atoms with E-state index < -0.39 is 0 Å². The number of carbonyl (C=O) groups excluding carboxylic acids is 1. The van der Waals surface area contributed by atoms with Gasteiger partial charge in [0.15, 0.2) is 0 Å². The van der Waals surface area contributed by atoms with Crippen molar-refractivity contribution in [1.82, 2.24) is 14.8 Å². The van der Waals surface area contributed by atoms with Gasteiger partial charge in [-0.1, -0.05) is 13.8 Å². The van der Waals surface area contributed by atoms with Gasteiger partial charge in [-0.3, -0.25) is 4.79 Å². The lowest BCUT2D eigenvalue weighted by molar-refractivity contribution is 0.102. The van der Waals surface area contributed by atoms with E-state index in [0.717, 1.165) is 5.69 Å². The van der Waals surface area contributed by atoms with Crippen molar-refractivity contribution in [3.8, 4) is 0 Å². The SMILES string of the molecule is CC(C)c1cc(C(=O)Nc2ccnn2C(C)C)cc(N)n1. The lowest BCUT2D eigenvalue weighted by atomic mass is 10.1. The third kappa shape index (κ3) is 3.39. The van der Waals surface area contributed by atoms with Crippen LogP contribution in [-0.4, -0.2) is 20.7 Å². The number of rotatable bonds is 4. The van der Waals surface area contributed by atoms with E-state index in [9.17, 15) is 4.79 Å². The fourth-order valence-corrected chi connectivity index (χ4v) is 2.01. The lowest BCUT2D eigenvalue weighted by Gasteiger charge is -2.13. The van der Waals surface area contributed by atoms with Crippen LogP contribution < -0.4 is 11.1 Å². The van der Waals surface area contributed by atoms with Gasteiger partial charge in [0.05, 0.1) is 6.20 Å². The molecule has 21 heavy (non-hydrogen) atoms. The third-order valence-electron chi connectivity index (χ3n) is 3.12. The smallest absolute Gasteiger partial charge is 0.257 e. The minimum absolute atomic E-state index is 0.170. The van der Waals surface area contributed by atoms with Crippen LogP contribution in [0.3, 0.4) is 0 Å². The average molecular weight is 287 g/mol. The van der Waals surface area contributed by atoms with Gasteiger partial charge >= 0.3 is 0 Å². The van der Waals surface area contributed by atoms with E-state index >= 15 is 0 Å². The third-order valence-corrected chi connectivity index (χ3v) is 3.12. The number of anilines is 2. The number of nitrogen functional groups attached to an aromatic ring is 1. The number of carbonyl (C=O) groups is 1. The number of nitrogens with two attached hydrogens (primary N) is 1. The van der Waals surface area contributed by atoms with Gasteiger partial charge in [-0.15, -0.1) is 0 Å². The highest BCUT2D eigenvalue weighted by atomic mass is 16.1. The molecule has 112 valence electrons.